The second-order valence-electron chi connectivity index (χ2n) is 5.57. The van der Waals surface area contributed by atoms with Crippen molar-refractivity contribution >= 4 is 21.7 Å². The van der Waals surface area contributed by atoms with Gasteiger partial charge in [0.05, 0.1) is 6.54 Å². The molecule has 1 heterocycles. The number of amides is 1. The van der Waals surface area contributed by atoms with Crippen molar-refractivity contribution in [3.05, 3.63) is 35.4 Å². The normalized spacial score (nSPS) is 17.8. The number of nitrogens with zero attached hydrogens (tertiary/aromatic N) is 1. The highest BCUT2D eigenvalue weighted by atomic mass is 28.1. The first kappa shape index (κ1) is 14.8. The third kappa shape index (κ3) is 2.77. The Hall–Kier alpha value is -1.62. The first-order valence-corrected chi connectivity index (χ1v) is 7.18. The lowest BCUT2D eigenvalue weighted by Crippen LogP contribution is -2.39. The van der Waals surface area contributed by atoms with Gasteiger partial charge in [0.25, 0.3) is 0 Å². The maximum atomic E-state index is 12.3. The van der Waals surface area contributed by atoms with Gasteiger partial charge in [0, 0.05) is 0 Å². The molecule has 1 aliphatic rings. The molecule has 2 rings (SSSR count). The quantitative estimate of drug-likeness (QED) is 0.803. The van der Waals surface area contributed by atoms with Crippen LogP contribution in [0.3, 0.4) is 0 Å². The summed E-state index contributed by atoms with van der Waals surface area (Å²) in [5, 5.41) is -0.235. The average molecular weight is 288 g/mol. The van der Waals surface area contributed by atoms with Crippen LogP contribution in [0.15, 0.2) is 24.3 Å². The molecule has 1 amide bonds. The van der Waals surface area contributed by atoms with Crippen molar-refractivity contribution in [3.63, 3.8) is 0 Å². The van der Waals surface area contributed by atoms with Gasteiger partial charge in [-0.15, -0.1) is 0 Å². The summed E-state index contributed by atoms with van der Waals surface area (Å²) < 4.78 is 5.50. The van der Waals surface area contributed by atoms with Crippen molar-refractivity contribution in [2.75, 3.05) is 0 Å². The molecule has 0 saturated carbocycles. The van der Waals surface area contributed by atoms with Crippen molar-refractivity contribution in [1.29, 1.82) is 0 Å². The molecule has 4 nitrogen and oxygen atoms in total. The van der Waals surface area contributed by atoms with E-state index < -0.39 is 17.7 Å². The zero-order chi connectivity index (χ0) is 14.9. The predicted octanol–water partition coefficient (Wildman–Crippen LogP) is 2.56. The topological polar surface area (TPSA) is 46.6 Å². The number of ether oxygens (including phenoxy) is 1. The summed E-state index contributed by atoms with van der Waals surface area (Å²) in [6, 6.07) is 6.96. The molecule has 1 aliphatic heterocycles. The van der Waals surface area contributed by atoms with Gasteiger partial charge < -0.3 is 9.53 Å². The van der Waals surface area contributed by atoms with Crippen molar-refractivity contribution in [2.45, 2.75) is 45.4 Å². The zero-order valence-electron chi connectivity index (χ0n) is 12.0. The lowest BCUT2D eigenvalue weighted by molar-refractivity contribution is -0.116. The molecule has 0 spiro atoms. The summed E-state index contributed by atoms with van der Waals surface area (Å²) in [5.41, 5.74) is 1.31. The van der Waals surface area contributed by atoms with Crippen LogP contribution >= 0.6 is 0 Å². The van der Waals surface area contributed by atoms with Crippen LogP contribution in [-0.4, -0.2) is 32.2 Å². The smallest absolute Gasteiger partial charge is 0.411 e. The highest BCUT2D eigenvalue weighted by Gasteiger charge is 2.38. The van der Waals surface area contributed by atoms with Gasteiger partial charge >= 0.3 is 6.09 Å². The second kappa shape index (κ2) is 5.40. The van der Waals surface area contributed by atoms with Crippen LogP contribution in [0.25, 0.3) is 0 Å². The lowest BCUT2D eigenvalue weighted by atomic mass is 10.1. The van der Waals surface area contributed by atoms with E-state index in [1.165, 1.54) is 4.90 Å². The summed E-state index contributed by atoms with van der Waals surface area (Å²) in [6.07, 6.45) is 0.260. The van der Waals surface area contributed by atoms with E-state index in [2.05, 4.69) is 10.2 Å². The molecule has 3 radical (unpaired) electrons. The first-order valence-electron chi connectivity index (χ1n) is 6.68. The maximum absolute atomic E-state index is 12.3. The Morgan fingerprint density at radius 2 is 2.05 bits per heavy atom. The Labute approximate surface area is 122 Å². The number of carbonyl (C=O) groups is 2. The Morgan fingerprint density at radius 3 is 2.65 bits per heavy atom. The average Bonchev–Trinajstić information content (AvgIpc) is 2.77. The second-order valence-corrected chi connectivity index (χ2v) is 6.07. The molecule has 1 atom stereocenters. The predicted molar refractivity (Wildman–Crippen MR) is 76.3 cm³/mol. The zero-order valence-corrected chi connectivity index (χ0v) is 13.0. The van der Waals surface area contributed by atoms with Crippen molar-refractivity contribution < 1.29 is 14.3 Å². The summed E-state index contributed by atoms with van der Waals surface area (Å²) in [6.45, 7) is 6.08. The van der Waals surface area contributed by atoms with Crippen LogP contribution in [0.2, 0.25) is 0 Å². The molecule has 1 aromatic carbocycles. The van der Waals surface area contributed by atoms with Crippen LogP contribution in [0, 0.1) is 0 Å². The number of benzene rings is 1. The van der Waals surface area contributed by atoms with Gasteiger partial charge in [0.1, 0.15) is 27.3 Å². The molecule has 1 unspecified atom stereocenters. The molecule has 0 aromatic heterocycles. The minimum atomic E-state index is -0.608. The molecule has 0 fully saturated rings. The van der Waals surface area contributed by atoms with Gasteiger partial charge in [-0.1, -0.05) is 31.2 Å². The SMILES string of the molecule is CCC(C)(C)OC(=O)N1Cc2ccccc2C1C(=O)[Si]. The Kier molecular flexibility index (Phi) is 3.99. The van der Waals surface area contributed by atoms with Crippen molar-refractivity contribution in [2.24, 2.45) is 0 Å². The monoisotopic (exact) mass is 288 g/mol. The largest absolute Gasteiger partial charge is 0.443 e. The van der Waals surface area contributed by atoms with Gasteiger partial charge in [-0.3, -0.25) is 4.90 Å². The summed E-state index contributed by atoms with van der Waals surface area (Å²) in [5.74, 6) is 0. The molecule has 20 heavy (non-hydrogen) atoms. The number of fused-ring (bicyclic) bond motifs is 1. The molecule has 0 aliphatic carbocycles. The molecule has 0 bridgehead atoms. The lowest BCUT2D eigenvalue weighted by Gasteiger charge is -2.29. The molecule has 0 N–H and O–H groups in total. The molecule has 0 saturated heterocycles. The third-order valence-corrected chi connectivity index (χ3v) is 3.97. The van der Waals surface area contributed by atoms with E-state index in [-0.39, 0.29) is 5.41 Å². The van der Waals surface area contributed by atoms with E-state index >= 15 is 0 Å². The number of rotatable bonds is 3. The summed E-state index contributed by atoms with van der Waals surface area (Å²) >= 11 is 0. The Bertz CT molecular complexity index is 542. The highest BCUT2D eigenvalue weighted by Crippen LogP contribution is 2.34. The number of carbonyl (C=O) groups excluding carboxylic acids is 2. The molecule has 1 aromatic rings. The third-order valence-electron chi connectivity index (χ3n) is 3.70. The maximum Gasteiger partial charge on any atom is 0.411 e. The van der Waals surface area contributed by atoms with Gasteiger partial charge in [-0.25, -0.2) is 4.79 Å². The van der Waals surface area contributed by atoms with Crippen LogP contribution in [0.5, 0.6) is 0 Å². The van der Waals surface area contributed by atoms with E-state index in [1.807, 2.05) is 45.0 Å². The molecular formula is C15H18NO3Si. The van der Waals surface area contributed by atoms with Gasteiger partial charge in [0.15, 0.2) is 0 Å². The molecular weight excluding hydrogens is 270 g/mol. The van der Waals surface area contributed by atoms with Crippen LogP contribution < -0.4 is 0 Å². The van der Waals surface area contributed by atoms with Crippen LogP contribution in [0.4, 0.5) is 4.79 Å². The van der Waals surface area contributed by atoms with E-state index in [1.54, 1.807) is 0 Å². The van der Waals surface area contributed by atoms with Gasteiger partial charge in [0.2, 0.25) is 0 Å². The minimum Gasteiger partial charge on any atom is -0.443 e. The Balaban J connectivity index is 2.26. The van der Waals surface area contributed by atoms with Crippen molar-refractivity contribution in [1.82, 2.24) is 4.90 Å². The highest BCUT2D eigenvalue weighted by molar-refractivity contribution is 6.59. The summed E-state index contributed by atoms with van der Waals surface area (Å²) in [4.78, 5) is 25.6. The molecule has 105 valence electrons. The fourth-order valence-corrected chi connectivity index (χ4v) is 2.52. The van der Waals surface area contributed by atoms with Crippen molar-refractivity contribution in [3.8, 4) is 0 Å². The van der Waals surface area contributed by atoms with E-state index in [4.69, 9.17) is 4.74 Å². The number of hydrogen-bond donors (Lipinski definition) is 0. The van der Waals surface area contributed by atoms with Gasteiger partial charge in [-0.05, 0) is 31.4 Å². The van der Waals surface area contributed by atoms with E-state index in [9.17, 15) is 9.59 Å². The fraction of sp³-hybridized carbons (Fsp3) is 0.467. The summed E-state index contributed by atoms with van der Waals surface area (Å²) in [7, 11) is 3.04. The Morgan fingerprint density at radius 1 is 1.40 bits per heavy atom. The minimum absolute atomic E-state index is 0.235. The number of hydrogen-bond acceptors (Lipinski definition) is 3. The first-order chi connectivity index (χ1) is 9.35. The molecule has 5 heteroatoms. The van der Waals surface area contributed by atoms with E-state index in [0.29, 0.717) is 13.0 Å². The van der Waals surface area contributed by atoms with E-state index in [0.717, 1.165) is 11.1 Å². The standard InChI is InChI=1S/C15H18NO3Si/c1-4-15(2,3)19-14(18)16-9-10-7-5-6-8-11(10)12(16)13(17)20/h5-8,12H,4,9H2,1-3H3. The van der Waals surface area contributed by atoms with Crippen LogP contribution in [-0.2, 0) is 16.1 Å². The van der Waals surface area contributed by atoms with Gasteiger partial charge in [-0.2, -0.15) is 0 Å². The van der Waals surface area contributed by atoms with Crippen LogP contribution in [0.1, 0.15) is 44.4 Å². The fourth-order valence-electron chi connectivity index (χ4n) is 2.21.